The molecule has 5 nitrogen and oxygen atoms in total. The van der Waals surface area contributed by atoms with Gasteiger partial charge in [0.25, 0.3) is 6.01 Å². The Labute approximate surface area is 118 Å². The molecular weight excluding hydrogens is 287 g/mol. The summed E-state index contributed by atoms with van der Waals surface area (Å²) in [6.07, 6.45) is -4.02. The average molecular weight is 299 g/mol. The maximum absolute atomic E-state index is 12.4. The predicted molar refractivity (Wildman–Crippen MR) is 68.8 cm³/mol. The predicted octanol–water partition coefficient (Wildman–Crippen LogP) is 3.03. The van der Waals surface area contributed by atoms with Crippen LogP contribution in [0.4, 0.5) is 24.9 Å². The first-order valence-electron chi connectivity index (χ1n) is 5.96. The van der Waals surface area contributed by atoms with Gasteiger partial charge in [-0.05, 0) is 24.6 Å². The Kier molecular flexibility index (Phi) is 3.88. The lowest BCUT2D eigenvalue weighted by Gasteiger charge is -2.08. The number of alkyl halides is 3. The molecule has 0 saturated carbocycles. The fourth-order valence-electron chi connectivity index (χ4n) is 1.60. The lowest BCUT2D eigenvalue weighted by Crippen LogP contribution is -2.18. The van der Waals surface area contributed by atoms with Crippen molar-refractivity contribution in [2.75, 3.05) is 5.32 Å². The molecule has 1 aromatic heterocycles. The fourth-order valence-corrected chi connectivity index (χ4v) is 1.60. The highest BCUT2D eigenvalue weighted by Crippen LogP contribution is 2.30. The molecule has 0 saturated heterocycles. The topological polar surface area (TPSA) is 81.2 Å². The Bertz CT molecular complexity index is 635. The zero-order valence-electron chi connectivity index (χ0n) is 10.9. The van der Waals surface area contributed by atoms with Crippen molar-refractivity contribution in [3.63, 3.8) is 0 Å². The zero-order chi connectivity index (χ0) is 15.6. The highest BCUT2D eigenvalue weighted by molar-refractivity contribution is 5.81. The van der Waals surface area contributed by atoms with Crippen molar-refractivity contribution in [1.29, 1.82) is 0 Å². The summed E-state index contributed by atoms with van der Waals surface area (Å²) in [7, 11) is 0. The average Bonchev–Trinajstić information content (AvgIpc) is 2.87. The second-order valence-corrected chi connectivity index (χ2v) is 4.41. The molecule has 1 heterocycles. The minimum atomic E-state index is -4.55. The summed E-state index contributed by atoms with van der Waals surface area (Å²) in [5.74, 6) is -0.907. The highest BCUT2D eigenvalue weighted by Gasteiger charge is 2.34. The molecule has 112 valence electrons. The van der Waals surface area contributed by atoms with E-state index in [1.807, 2.05) is 0 Å². The molecular formula is C13H12F3N3O2. The molecule has 0 fully saturated rings. The number of amides is 1. The number of benzene rings is 1. The van der Waals surface area contributed by atoms with E-state index in [2.05, 4.69) is 10.3 Å². The monoisotopic (exact) mass is 299 g/mol. The summed E-state index contributed by atoms with van der Waals surface area (Å²) >= 11 is 0. The van der Waals surface area contributed by atoms with E-state index in [0.29, 0.717) is 17.5 Å². The number of rotatable bonds is 4. The molecule has 0 unspecified atom stereocenters. The molecule has 3 N–H and O–H groups in total. The van der Waals surface area contributed by atoms with Gasteiger partial charge in [-0.15, -0.1) is 0 Å². The fraction of sp³-hybridized carbons (Fsp3) is 0.231. The van der Waals surface area contributed by atoms with Crippen molar-refractivity contribution in [2.24, 2.45) is 5.73 Å². The molecule has 2 rings (SSSR count). The molecule has 0 spiro atoms. The van der Waals surface area contributed by atoms with E-state index in [1.165, 1.54) is 0 Å². The number of anilines is 2. The second kappa shape index (κ2) is 5.47. The number of aromatic nitrogens is 1. The number of carbonyl (C=O) groups is 1. The minimum absolute atomic E-state index is 0.266. The highest BCUT2D eigenvalue weighted by atomic mass is 19.4. The van der Waals surface area contributed by atoms with Crippen LogP contribution in [-0.4, -0.2) is 10.9 Å². The molecule has 8 heteroatoms. The van der Waals surface area contributed by atoms with Crippen LogP contribution in [0.3, 0.4) is 0 Å². The number of nitrogens with one attached hydrogen (secondary N) is 1. The van der Waals surface area contributed by atoms with E-state index in [9.17, 15) is 18.0 Å². The Morgan fingerprint density at radius 3 is 2.43 bits per heavy atom. The molecule has 0 aliphatic carbocycles. The third-order valence-electron chi connectivity index (χ3n) is 2.88. The molecule has 1 atom stereocenters. The van der Waals surface area contributed by atoms with Crippen molar-refractivity contribution >= 4 is 17.6 Å². The van der Waals surface area contributed by atoms with Gasteiger partial charge < -0.3 is 15.5 Å². The smallest absolute Gasteiger partial charge is 0.431 e. The van der Waals surface area contributed by atoms with Crippen LogP contribution in [0.1, 0.15) is 24.1 Å². The van der Waals surface area contributed by atoms with Gasteiger partial charge in [-0.3, -0.25) is 4.79 Å². The number of primary amides is 1. The lowest BCUT2D eigenvalue weighted by atomic mass is 10.0. The van der Waals surface area contributed by atoms with Crippen LogP contribution in [0.15, 0.2) is 34.9 Å². The minimum Gasteiger partial charge on any atom is -0.431 e. The third-order valence-corrected chi connectivity index (χ3v) is 2.88. The number of hydrogen-bond acceptors (Lipinski definition) is 4. The Morgan fingerprint density at radius 2 is 1.95 bits per heavy atom. The maximum atomic E-state index is 12.4. The number of carbonyl (C=O) groups excluding carboxylic acids is 1. The number of oxazole rings is 1. The van der Waals surface area contributed by atoms with E-state index in [4.69, 9.17) is 10.2 Å². The van der Waals surface area contributed by atoms with Gasteiger partial charge in [-0.2, -0.15) is 18.2 Å². The van der Waals surface area contributed by atoms with Crippen LogP contribution < -0.4 is 11.1 Å². The van der Waals surface area contributed by atoms with Crippen LogP contribution in [0, 0.1) is 0 Å². The number of hydrogen-bond donors (Lipinski definition) is 2. The van der Waals surface area contributed by atoms with E-state index in [1.54, 1.807) is 31.2 Å². The van der Waals surface area contributed by atoms with Gasteiger partial charge >= 0.3 is 6.18 Å². The van der Waals surface area contributed by atoms with Gasteiger partial charge in [-0.1, -0.05) is 12.1 Å². The van der Waals surface area contributed by atoms with Crippen molar-refractivity contribution in [1.82, 2.24) is 4.98 Å². The zero-order valence-corrected chi connectivity index (χ0v) is 10.9. The number of nitrogens with two attached hydrogens (primary N) is 1. The molecule has 0 radical (unpaired) electrons. The van der Waals surface area contributed by atoms with Crippen molar-refractivity contribution in [2.45, 2.75) is 19.0 Å². The summed E-state index contributed by atoms with van der Waals surface area (Å²) in [6.45, 7) is 1.66. The van der Waals surface area contributed by atoms with Gasteiger partial charge in [0, 0.05) is 5.69 Å². The summed E-state index contributed by atoms with van der Waals surface area (Å²) in [6, 6.07) is 6.20. The van der Waals surface area contributed by atoms with Gasteiger partial charge in [0.05, 0.1) is 5.92 Å². The van der Waals surface area contributed by atoms with Crippen LogP contribution >= 0.6 is 0 Å². The van der Waals surface area contributed by atoms with E-state index < -0.39 is 23.7 Å². The number of nitrogens with zero attached hydrogens (tertiary/aromatic N) is 1. The Hall–Kier alpha value is -2.51. The summed E-state index contributed by atoms with van der Waals surface area (Å²) < 4.78 is 41.8. The normalized spacial score (nSPS) is 13.0. The van der Waals surface area contributed by atoms with Crippen molar-refractivity contribution < 1.29 is 22.4 Å². The first-order valence-corrected chi connectivity index (χ1v) is 5.96. The Balaban J connectivity index is 2.10. The molecule has 0 aliphatic heterocycles. The van der Waals surface area contributed by atoms with Crippen LogP contribution in [0.5, 0.6) is 0 Å². The first kappa shape index (κ1) is 14.9. The largest absolute Gasteiger partial charge is 0.436 e. The van der Waals surface area contributed by atoms with E-state index in [0.717, 1.165) is 0 Å². The molecule has 21 heavy (non-hydrogen) atoms. The summed E-state index contributed by atoms with van der Waals surface area (Å²) in [5.41, 5.74) is 5.26. The van der Waals surface area contributed by atoms with Gasteiger partial charge in [-0.25, -0.2) is 0 Å². The van der Waals surface area contributed by atoms with E-state index in [-0.39, 0.29) is 6.01 Å². The lowest BCUT2D eigenvalue weighted by molar-refractivity contribution is -0.141. The van der Waals surface area contributed by atoms with Gasteiger partial charge in [0.15, 0.2) is 5.69 Å². The number of halogens is 3. The van der Waals surface area contributed by atoms with Crippen LogP contribution in [0.2, 0.25) is 0 Å². The van der Waals surface area contributed by atoms with Crippen LogP contribution in [-0.2, 0) is 11.0 Å². The standard InChI is InChI=1S/C13H12F3N3O2/c1-7(11(17)20)8-2-4-9(5-3-8)18-12-19-10(6-21-12)13(14,15)16/h2-7H,1H3,(H2,17,20)(H,18,19)/t7-/m1/s1. The quantitative estimate of drug-likeness (QED) is 0.909. The van der Waals surface area contributed by atoms with Crippen LogP contribution in [0.25, 0.3) is 0 Å². The van der Waals surface area contributed by atoms with Gasteiger partial charge in [0.2, 0.25) is 5.91 Å². The third kappa shape index (κ3) is 3.53. The summed E-state index contributed by atoms with van der Waals surface area (Å²) in [4.78, 5) is 14.3. The van der Waals surface area contributed by atoms with Crippen molar-refractivity contribution in [3.8, 4) is 0 Å². The second-order valence-electron chi connectivity index (χ2n) is 4.41. The molecule has 0 bridgehead atoms. The molecule has 2 aromatic rings. The SMILES string of the molecule is C[C@@H](C(N)=O)c1ccc(Nc2nc(C(F)(F)F)co2)cc1. The molecule has 1 amide bonds. The molecule has 1 aromatic carbocycles. The van der Waals surface area contributed by atoms with Crippen molar-refractivity contribution in [3.05, 3.63) is 41.8 Å². The first-order chi connectivity index (χ1) is 9.77. The maximum Gasteiger partial charge on any atom is 0.436 e. The Morgan fingerprint density at radius 1 is 1.33 bits per heavy atom. The van der Waals surface area contributed by atoms with Gasteiger partial charge in [0.1, 0.15) is 6.26 Å². The van der Waals surface area contributed by atoms with E-state index >= 15 is 0 Å². The molecule has 0 aliphatic rings. The summed E-state index contributed by atoms with van der Waals surface area (Å²) in [5, 5.41) is 2.60.